The molecule has 0 radical (unpaired) electrons. The molecule has 0 atom stereocenters. The van der Waals surface area contributed by atoms with Crippen molar-refractivity contribution in [2.75, 3.05) is 0 Å². The molecule has 0 fully saturated rings. The van der Waals surface area contributed by atoms with Crippen molar-refractivity contribution in [2.24, 2.45) is 7.05 Å². The highest BCUT2D eigenvalue weighted by Gasteiger charge is 2.14. The molecule has 0 unspecified atom stereocenters. The van der Waals surface area contributed by atoms with Crippen molar-refractivity contribution in [3.8, 4) is 22.6 Å². The van der Waals surface area contributed by atoms with Crippen LogP contribution in [0.1, 0.15) is 5.56 Å². The maximum atomic E-state index is 14.2. The van der Waals surface area contributed by atoms with Crippen molar-refractivity contribution in [3.63, 3.8) is 0 Å². The van der Waals surface area contributed by atoms with Gasteiger partial charge in [0.1, 0.15) is 11.4 Å². The fraction of sp³-hybridized carbons (Fsp3) is 0.130. The number of hydrogen-bond acceptors (Lipinski definition) is 4. The third-order valence-corrected chi connectivity index (χ3v) is 5.21. The quantitative estimate of drug-likeness (QED) is 0.443. The number of aromatic nitrogens is 6. The second-order valence-corrected chi connectivity index (χ2v) is 7.17. The van der Waals surface area contributed by atoms with Gasteiger partial charge in [0, 0.05) is 31.5 Å². The summed E-state index contributed by atoms with van der Waals surface area (Å²) in [5.74, 6) is -0.479. The molecule has 3 heterocycles. The van der Waals surface area contributed by atoms with Gasteiger partial charge in [0.2, 0.25) is 5.95 Å². The molecule has 2 aromatic carbocycles. The van der Waals surface area contributed by atoms with E-state index in [0.29, 0.717) is 11.3 Å². The molecular weight excluding hydrogens is 379 g/mol. The third kappa shape index (κ3) is 3.34. The SMILES string of the molecule is Cn1nnc(-c2ccnc(-c3cn(CCc4cccc5ccccc45)cn3)c2)c1F. The molecule has 0 bridgehead atoms. The number of hydrogen-bond donors (Lipinski definition) is 0. The Labute approximate surface area is 172 Å². The zero-order valence-electron chi connectivity index (χ0n) is 16.4. The Morgan fingerprint density at radius 1 is 0.967 bits per heavy atom. The topological polar surface area (TPSA) is 61.4 Å². The van der Waals surface area contributed by atoms with Crippen LogP contribution < -0.4 is 0 Å². The van der Waals surface area contributed by atoms with Crippen LogP contribution in [0.25, 0.3) is 33.4 Å². The molecule has 0 aliphatic heterocycles. The van der Waals surface area contributed by atoms with E-state index in [1.165, 1.54) is 23.4 Å². The van der Waals surface area contributed by atoms with Gasteiger partial charge in [-0.15, -0.1) is 5.10 Å². The zero-order valence-corrected chi connectivity index (χ0v) is 16.4. The molecule has 0 aliphatic rings. The second-order valence-electron chi connectivity index (χ2n) is 7.17. The normalized spacial score (nSPS) is 11.3. The minimum Gasteiger partial charge on any atom is -0.336 e. The molecule has 0 spiro atoms. The summed E-state index contributed by atoms with van der Waals surface area (Å²) in [6.45, 7) is 0.805. The molecule has 0 amide bonds. The van der Waals surface area contributed by atoms with E-state index >= 15 is 0 Å². The minimum absolute atomic E-state index is 0.205. The maximum Gasteiger partial charge on any atom is 0.239 e. The number of pyridine rings is 1. The molecule has 0 aliphatic carbocycles. The predicted octanol–water partition coefficient (Wildman–Crippen LogP) is 4.28. The van der Waals surface area contributed by atoms with E-state index in [-0.39, 0.29) is 5.69 Å². The fourth-order valence-electron chi connectivity index (χ4n) is 3.62. The molecule has 0 saturated carbocycles. The Kier molecular flexibility index (Phi) is 4.55. The molecule has 3 aromatic heterocycles. The smallest absolute Gasteiger partial charge is 0.239 e. The zero-order chi connectivity index (χ0) is 20.5. The van der Waals surface area contributed by atoms with Crippen LogP contribution in [0.5, 0.6) is 0 Å². The maximum absolute atomic E-state index is 14.2. The van der Waals surface area contributed by atoms with Gasteiger partial charge in [-0.1, -0.05) is 47.7 Å². The largest absolute Gasteiger partial charge is 0.336 e. The number of halogens is 1. The van der Waals surface area contributed by atoms with Crippen LogP contribution in [0.4, 0.5) is 4.39 Å². The number of aryl methyl sites for hydroxylation is 3. The van der Waals surface area contributed by atoms with Gasteiger partial charge in [-0.05, 0) is 34.9 Å². The van der Waals surface area contributed by atoms with Crippen molar-refractivity contribution in [1.82, 2.24) is 29.5 Å². The first kappa shape index (κ1) is 18.2. The minimum atomic E-state index is -0.479. The Morgan fingerprint density at radius 2 is 1.83 bits per heavy atom. The van der Waals surface area contributed by atoms with E-state index < -0.39 is 5.95 Å². The average Bonchev–Trinajstić information content (AvgIpc) is 3.39. The lowest BCUT2D eigenvalue weighted by Gasteiger charge is -2.07. The van der Waals surface area contributed by atoms with E-state index in [4.69, 9.17) is 0 Å². The van der Waals surface area contributed by atoms with E-state index in [1.807, 2.05) is 10.8 Å². The fourth-order valence-corrected chi connectivity index (χ4v) is 3.62. The lowest BCUT2D eigenvalue weighted by molar-refractivity contribution is 0.502. The molecule has 5 aromatic rings. The van der Waals surface area contributed by atoms with Gasteiger partial charge in [-0.2, -0.15) is 4.39 Å². The number of nitrogens with zero attached hydrogens (tertiary/aromatic N) is 6. The summed E-state index contributed by atoms with van der Waals surface area (Å²) in [4.78, 5) is 8.88. The van der Waals surface area contributed by atoms with Crippen LogP contribution in [0, 0.1) is 5.95 Å². The molecular formula is C23H19FN6. The van der Waals surface area contributed by atoms with Crippen LogP contribution in [-0.4, -0.2) is 29.5 Å². The van der Waals surface area contributed by atoms with Crippen LogP contribution in [0.15, 0.2) is 73.3 Å². The van der Waals surface area contributed by atoms with E-state index in [2.05, 4.69) is 62.7 Å². The van der Waals surface area contributed by atoms with Crippen molar-refractivity contribution < 1.29 is 4.39 Å². The molecule has 0 saturated heterocycles. The van der Waals surface area contributed by atoms with E-state index in [0.717, 1.165) is 23.3 Å². The van der Waals surface area contributed by atoms with Gasteiger partial charge in [0.05, 0.1) is 12.0 Å². The molecule has 0 N–H and O–H groups in total. The molecule has 7 heteroatoms. The van der Waals surface area contributed by atoms with Gasteiger partial charge < -0.3 is 4.57 Å². The molecule has 30 heavy (non-hydrogen) atoms. The first-order valence-corrected chi connectivity index (χ1v) is 9.69. The lowest BCUT2D eigenvalue weighted by Crippen LogP contribution is -1.99. The van der Waals surface area contributed by atoms with Gasteiger partial charge in [0.25, 0.3) is 0 Å². The summed E-state index contributed by atoms with van der Waals surface area (Å²) in [6, 6.07) is 18.3. The number of fused-ring (bicyclic) bond motifs is 1. The number of benzene rings is 2. The number of imidazole rings is 1. The summed E-state index contributed by atoms with van der Waals surface area (Å²) >= 11 is 0. The summed E-state index contributed by atoms with van der Waals surface area (Å²) in [7, 11) is 1.52. The summed E-state index contributed by atoms with van der Waals surface area (Å²) in [5, 5.41) is 10.2. The predicted molar refractivity (Wildman–Crippen MR) is 113 cm³/mol. The highest BCUT2D eigenvalue weighted by Crippen LogP contribution is 2.24. The average molecular weight is 398 g/mol. The Hall–Kier alpha value is -3.87. The van der Waals surface area contributed by atoms with Crippen molar-refractivity contribution >= 4 is 10.8 Å². The van der Waals surface area contributed by atoms with Crippen LogP contribution in [0.3, 0.4) is 0 Å². The first-order valence-electron chi connectivity index (χ1n) is 9.69. The van der Waals surface area contributed by atoms with Crippen LogP contribution >= 0.6 is 0 Å². The lowest BCUT2D eigenvalue weighted by atomic mass is 10.0. The first-order chi connectivity index (χ1) is 14.7. The van der Waals surface area contributed by atoms with E-state index in [9.17, 15) is 4.39 Å². The Morgan fingerprint density at radius 3 is 2.70 bits per heavy atom. The summed E-state index contributed by atoms with van der Waals surface area (Å²) < 4.78 is 17.3. The molecule has 148 valence electrons. The Balaban J connectivity index is 1.37. The van der Waals surface area contributed by atoms with Gasteiger partial charge in [-0.3, -0.25) is 4.98 Å². The van der Waals surface area contributed by atoms with Crippen molar-refractivity contribution in [1.29, 1.82) is 0 Å². The van der Waals surface area contributed by atoms with Gasteiger partial charge in [-0.25, -0.2) is 9.67 Å². The van der Waals surface area contributed by atoms with Crippen LogP contribution in [-0.2, 0) is 20.0 Å². The highest BCUT2D eigenvalue weighted by molar-refractivity contribution is 5.85. The standard InChI is InChI=1S/C23H19FN6/c1-29-23(24)22(27-28-29)18-9-11-25-20(13-18)21-14-30(15-26-21)12-10-17-7-4-6-16-5-2-3-8-19(16)17/h2-9,11,13-15H,10,12H2,1H3. The molecule has 5 rings (SSSR count). The monoisotopic (exact) mass is 398 g/mol. The van der Waals surface area contributed by atoms with Crippen LogP contribution in [0.2, 0.25) is 0 Å². The van der Waals surface area contributed by atoms with Crippen molar-refractivity contribution in [2.45, 2.75) is 13.0 Å². The molecule has 6 nitrogen and oxygen atoms in total. The second kappa shape index (κ2) is 7.51. The van der Waals surface area contributed by atoms with Gasteiger partial charge >= 0.3 is 0 Å². The van der Waals surface area contributed by atoms with E-state index in [1.54, 1.807) is 24.7 Å². The highest BCUT2D eigenvalue weighted by atomic mass is 19.1. The third-order valence-electron chi connectivity index (χ3n) is 5.21. The summed E-state index contributed by atoms with van der Waals surface area (Å²) in [5.41, 5.74) is 3.54. The van der Waals surface area contributed by atoms with Gasteiger partial charge in [0.15, 0.2) is 0 Å². The number of rotatable bonds is 5. The summed E-state index contributed by atoms with van der Waals surface area (Å²) in [6.07, 6.45) is 6.30. The van der Waals surface area contributed by atoms with Crippen molar-refractivity contribution in [3.05, 3.63) is 84.8 Å². The Bertz CT molecular complexity index is 1330.